The lowest BCUT2D eigenvalue weighted by atomic mass is 9.97. The number of aryl methyl sites for hydroxylation is 1. The number of likely N-dealkylation sites (tertiary alicyclic amines) is 1. The summed E-state index contributed by atoms with van der Waals surface area (Å²) in [5.41, 5.74) is 2.51. The Kier molecular flexibility index (Phi) is 5.71. The van der Waals surface area contributed by atoms with Crippen molar-refractivity contribution >= 4 is 23.2 Å². The van der Waals surface area contributed by atoms with Crippen LogP contribution in [0.15, 0.2) is 46.7 Å². The second-order valence-corrected chi connectivity index (χ2v) is 7.92. The molecule has 0 bridgehead atoms. The molecule has 150 valence electrons. The van der Waals surface area contributed by atoms with E-state index in [0.29, 0.717) is 30.3 Å². The molecule has 0 saturated carbocycles. The number of pyridine rings is 1. The summed E-state index contributed by atoms with van der Waals surface area (Å²) in [6, 6.07) is 5.52. The molecule has 0 aromatic carbocycles. The van der Waals surface area contributed by atoms with E-state index in [0.717, 1.165) is 29.1 Å². The normalized spacial score (nSPS) is 14.7. The Morgan fingerprint density at radius 3 is 2.69 bits per heavy atom. The molecular formula is C21H22N4O3S. The number of rotatable bonds is 5. The molecule has 4 rings (SSSR count). The van der Waals surface area contributed by atoms with Crippen LogP contribution in [0.25, 0.3) is 11.3 Å². The van der Waals surface area contributed by atoms with Gasteiger partial charge in [0.2, 0.25) is 5.91 Å². The minimum absolute atomic E-state index is 0.00242. The maximum absolute atomic E-state index is 12.5. The van der Waals surface area contributed by atoms with E-state index in [1.54, 1.807) is 36.7 Å². The summed E-state index contributed by atoms with van der Waals surface area (Å²) >= 11 is 1.67. The van der Waals surface area contributed by atoms with Crippen molar-refractivity contribution in [2.24, 2.45) is 0 Å². The third-order valence-corrected chi connectivity index (χ3v) is 6.21. The number of carbonyl (C=O) groups excluding carboxylic acids is 2. The Labute approximate surface area is 172 Å². The molecule has 1 aliphatic rings. The van der Waals surface area contributed by atoms with Crippen molar-refractivity contribution in [2.45, 2.75) is 25.7 Å². The van der Waals surface area contributed by atoms with E-state index in [4.69, 9.17) is 9.40 Å². The SMILES string of the molecule is Cc1occc1C(=O)NCC(=O)N1CCC(c2nc(-c3ccncc3)cs2)CC1. The quantitative estimate of drug-likeness (QED) is 0.698. The highest BCUT2D eigenvalue weighted by Gasteiger charge is 2.26. The van der Waals surface area contributed by atoms with E-state index in [9.17, 15) is 9.59 Å². The van der Waals surface area contributed by atoms with Gasteiger partial charge in [-0.05, 0) is 38.0 Å². The van der Waals surface area contributed by atoms with Crippen molar-refractivity contribution in [1.82, 2.24) is 20.2 Å². The van der Waals surface area contributed by atoms with Gasteiger partial charge in [0, 0.05) is 42.3 Å². The smallest absolute Gasteiger partial charge is 0.255 e. The fourth-order valence-corrected chi connectivity index (χ4v) is 4.49. The zero-order valence-corrected chi connectivity index (χ0v) is 16.9. The van der Waals surface area contributed by atoms with Crippen LogP contribution in [-0.4, -0.2) is 46.3 Å². The highest BCUT2D eigenvalue weighted by atomic mass is 32.1. The van der Waals surface area contributed by atoms with Crippen LogP contribution in [0.4, 0.5) is 0 Å². The van der Waals surface area contributed by atoms with Crippen molar-refractivity contribution in [3.63, 3.8) is 0 Å². The van der Waals surface area contributed by atoms with Gasteiger partial charge in [0.15, 0.2) is 0 Å². The molecule has 0 atom stereocenters. The monoisotopic (exact) mass is 410 g/mol. The number of piperidine rings is 1. The maximum Gasteiger partial charge on any atom is 0.255 e. The van der Waals surface area contributed by atoms with E-state index in [1.165, 1.54) is 6.26 Å². The Morgan fingerprint density at radius 1 is 1.24 bits per heavy atom. The molecule has 1 aliphatic heterocycles. The van der Waals surface area contributed by atoms with Crippen molar-refractivity contribution < 1.29 is 14.0 Å². The molecule has 0 unspecified atom stereocenters. The first-order valence-corrected chi connectivity index (χ1v) is 10.5. The molecule has 4 heterocycles. The lowest BCUT2D eigenvalue weighted by Gasteiger charge is -2.31. The van der Waals surface area contributed by atoms with E-state index < -0.39 is 0 Å². The first-order valence-electron chi connectivity index (χ1n) is 9.57. The summed E-state index contributed by atoms with van der Waals surface area (Å²) in [6.45, 7) is 3.07. The number of amides is 2. The van der Waals surface area contributed by atoms with Gasteiger partial charge in [-0.25, -0.2) is 4.98 Å². The van der Waals surface area contributed by atoms with Gasteiger partial charge >= 0.3 is 0 Å². The van der Waals surface area contributed by atoms with Gasteiger partial charge in [0.1, 0.15) is 5.76 Å². The van der Waals surface area contributed by atoms with Gasteiger partial charge in [-0.3, -0.25) is 14.6 Å². The third-order valence-electron chi connectivity index (χ3n) is 5.20. The molecule has 1 saturated heterocycles. The Hall–Kier alpha value is -3.00. The van der Waals surface area contributed by atoms with E-state index >= 15 is 0 Å². The highest BCUT2D eigenvalue weighted by Crippen LogP contribution is 2.32. The number of nitrogens with zero attached hydrogens (tertiary/aromatic N) is 3. The van der Waals surface area contributed by atoms with Gasteiger partial charge in [0.05, 0.1) is 29.1 Å². The second kappa shape index (κ2) is 8.57. The molecule has 0 spiro atoms. The maximum atomic E-state index is 12.5. The third kappa shape index (κ3) is 4.37. The molecular weight excluding hydrogens is 388 g/mol. The van der Waals surface area contributed by atoms with E-state index in [-0.39, 0.29) is 18.4 Å². The molecule has 3 aromatic rings. The van der Waals surface area contributed by atoms with Crippen LogP contribution in [0.1, 0.15) is 39.9 Å². The summed E-state index contributed by atoms with van der Waals surface area (Å²) in [5.74, 6) is 0.564. The molecule has 0 aliphatic carbocycles. The Morgan fingerprint density at radius 2 is 2.00 bits per heavy atom. The molecule has 7 nitrogen and oxygen atoms in total. The largest absolute Gasteiger partial charge is 0.469 e. The standard InChI is InChI=1S/C21H22N4O3S/c1-14-17(6-11-28-14)20(27)23-12-19(26)25-9-4-16(5-10-25)21-24-18(13-29-21)15-2-7-22-8-3-15/h2-3,6-8,11,13,16H,4-5,9-10,12H2,1H3,(H,23,27). The zero-order valence-electron chi connectivity index (χ0n) is 16.1. The number of carbonyl (C=O) groups is 2. The van der Waals surface area contributed by atoms with E-state index in [1.807, 2.05) is 17.0 Å². The Balaban J connectivity index is 1.28. The number of aromatic nitrogens is 2. The molecule has 2 amide bonds. The number of hydrogen-bond donors (Lipinski definition) is 1. The molecule has 1 fully saturated rings. The van der Waals surface area contributed by atoms with Crippen molar-refractivity contribution in [3.8, 4) is 11.3 Å². The van der Waals surface area contributed by atoms with Crippen LogP contribution < -0.4 is 5.32 Å². The number of nitrogens with one attached hydrogen (secondary N) is 1. The van der Waals surface area contributed by atoms with Gasteiger partial charge < -0.3 is 14.6 Å². The van der Waals surface area contributed by atoms with Gasteiger partial charge in [-0.2, -0.15) is 0 Å². The summed E-state index contributed by atoms with van der Waals surface area (Å²) in [5, 5.41) is 5.88. The molecule has 29 heavy (non-hydrogen) atoms. The van der Waals surface area contributed by atoms with E-state index in [2.05, 4.69) is 15.7 Å². The first kappa shape index (κ1) is 19.3. The summed E-state index contributed by atoms with van der Waals surface area (Å²) in [7, 11) is 0. The fraction of sp³-hybridized carbons (Fsp3) is 0.333. The van der Waals surface area contributed by atoms with Crippen LogP contribution in [0.5, 0.6) is 0 Å². The summed E-state index contributed by atoms with van der Waals surface area (Å²) in [4.78, 5) is 35.2. The average Bonchev–Trinajstić information content (AvgIpc) is 3.42. The minimum Gasteiger partial charge on any atom is -0.469 e. The predicted molar refractivity (Wildman–Crippen MR) is 110 cm³/mol. The lowest BCUT2D eigenvalue weighted by molar-refractivity contribution is -0.131. The molecule has 3 aromatic heterocycles. The molecule has 1 N–H and O–H groups in total. The average molecular weight is 410 g/mol. The number of thiazole rings is 1. The second-order valence-electron chi connectivity index (χ2n) is 7.04. The highest BCUT2D eigenvalue weighted by molar-refractivity contribution is 7.10. The minimum atomic E-state index is -0.286. The van der Waals surface area contributed by atoms with Crippen molar-refractivity contribution in [1.29, 1.82) is 0 Å². The van der Waals surface area contributed by atoms with Crippen molar-refractivity contribution in [2.75, 3.05) is 19.6 Å². The van der Waals surface area contributed by atoms with Gasteiger partial charge in [0.25, 0.3) is 5.91 Å². The molecule has 8 heteroatoms. The van der Waals surface area contributed by atoms with Crippen molar-refractivity contribution in [3.05, 3.63) is 58.6 Å². The fourth-order valence-electron chi connectivity index (χ4n) is 3.49. The predicted octanol–water partition coefficient (Wildman–Crippen LogP) is 3.24. The van der Waals surface area contributed by atoms with Crippen LogP contribution in [0.2, 0.25) is 0 Å². The lowest BCUT2D eigenvalue weighted by Crippen LogP contribution is -2.43. The van der Waals surface area contributed by atoms with Crippen LogP contribution in [-0.2, 0) is 4.79 Å². The summed E-state index contributed by atoms with van der Waals surface area (Å²) < 4.78 is 5.13. The van der Waals surface area contributed by atoms with Gasteiger partial charge in [-0.1, -0.05) is 0 Å². The van der Waals surface area contributed by atoms with Crippen LogP contribution in [0.3, 0.4) is 0 Å². The number of furan rings is 1. The topological polar surface area (TPSA) is 88.3 Å². The summed E-state index contributed by atoms with van der Waals surface area (Å²) in [6.07, 6.45) is 6.76. The Bertz CT molecular complexity index is 990. The zero-order chi connectivity index (χ0) is 20.2. The number of hydrogen-bond acceptors (Lipinski definition) is 6. The van der Waals surface area contributed by atoms with Crippen LogP contribution in [0, 0.1) is 6.92 Å². The van der Waals surface area contributed by atoms with Gasteiger partial charge in [-0.15, -0.1) is 11.3 Å². The first-order chi connectivity index (χ1) is 14.1. The van der Waals surface area contributed by atoms with Crippen LogP contribution >= 0.6 is 11.3 Å². The molecule has 0 radical (unpaired) electrons.